The third-order valence-corrected chi connectivity index (χ3v) is 4.69. The molecule has 2 heterocycles. The summed E-state index contributed by atoms with van der Waals surface area (Å²) in [4.78, 5) is 17.3. The standard InChI is InChI=1S/C20H26N4O5/c1-6-8-14-16(19(25)29-7-2)17(24-20(23-14)21-11-22-24)13-9-12(26-3)10-15(27-4)18(13)28-5/h9-11,17H,6-8H2,1-5H3,(H,21,22,23)/t17-/m0/s1. The van der Waals surface area contributed by atoms with Crippen molar-refractivity contribution in [2.24, 2.45) is 0 Å². The fourth-order valence-corrected chi connectivity index (χ4v) is 3.48. The van der Waals surface area contributed by atoms with Crippen LogP contribution in [0.25, 0.3) is 0 Å². The number of nitrogens with one attached hydrogen (secondary N) is 1. The van der Waals surface area contributed by atoms with Gasteiger partial charge in [0.2, 0.25) is 5.95 Å². The second-order valence-corrected chi connectivity index (χ2v) is 6.37. The zero-order valence-electron chi connectivity index (χ0n) is 17.3. The maximum atomic E-state index is 13.0. The topological polar surface area (TPSA) is 96.7 Å². The average molecular weight is 402 g/mol. The molecule has 0 radical (unpaired) electrons. The molecule has 0 aliphatic carbocycles. The van der Waals surface area contributed by atoms with Gasteiger partial charge in [-0.05, 0) is 19.4 Å². The van der Waals surface area contributed by atoms with Gasteiger partial charge in [-0.1, -0.05) is 13.3 Å². The van der Waals surface area contributed by atoms with Gasteiger partial charge in [0.1, 0.15) is 18.1 Å². The third kappa shape index (κ3) is 3.72. The van der Waals surface area contributed by atoms with E-state index in [2.05, 4.69) is 15.4 Å². The van der Waals surface area contributed by atoms with E-state index in [1.54, 1.807) is 39.0 Å². The average Bonchev–Trinajstić information content (AvgIpc) is 3.20. The molecule has 156 valence electrons. The predicted molar refractivity (Wildman–Crippen MR) is 106 cm³/mol. The van der Waals surface area contributed by atoms with E-state index in [9.17, 15) is 4.79 Å². The summed E-state index contributed by atoms with van der Waals surface area (Å²) in [5.74, 6) is 1.66. The fraction of sp³-hybridized carbons (Fsp3) is 0.450. The van der Waals surface area contributed by atoms with Gasteiger partial charge in [0.25, 0.3) is 0 Å². The fourth-order valence-electron chi connectivity index (χ4n) is 3.48. The zero-order chi connectivity index (χ0) is 21.0. The number of hydrogen-bond acceptors (Lipinski definition) is 8. The highest BCUT2D eigenvalue weighted by molar-refractivity contribution is 5.92. The first-order valence-electron chi connectivity index (χ1n) is 9.46. The van der Waals surface area contributed by atoms with Gasteiger partial charge >= 0.3 is 5.97 Å². The Morgan fingerprint density at radius 1 is 1.17 bits per heavy atom. The van der Waals surface area contributed by atoms with E-state index >= 15 is 0 Å². The molecule has 0 amide bonds. The number of rotatable bonds is 8. The molecule has 0 bridgehead atoms. The van der Waals surface area contributed by atoms with Gasteiger partial charge in [0.05, 0.1) is 33.5 Å². The number of ether oxygens (including phenoxy) is 4. The lowest BCUT2D eigenvalue weighted by atomic mass is 9.92. The van der Waals surface area contributed by atoms with Gasteiger partial charge in [-0.25, -0.2) is 9.48 Å². The van der Waals surface area contributed by atoms with Crippen molar-refractivity contribution in [3.63, 3.8) is 0 Å². The molecule has 1 atom stereocenters. The molecule has 0 saturated heterocycles. The monoisotopic (exact) mass is 402 g/mol. The molecule has 1 aliphatic rings. The first-order valence-corrected chi connectivity index (χ1v) is 9.46. The Morgan fingerprint density at radius 2 is 1.97 bits per heavy atom. The van der Waals surface area contributed by atoms with E-state index in [-0.39, 0.29) is 6.61 Å². The number of hydrogen-bond donors (Lipinski definition) is 1. The van der Waals surface area contributed by atoms with Crippen molar-refractivity contribution in [3.05, 3.63) is 35.3 Å². The van der Waals surface area contributed by atoms with Gasteiger partial charge in [-0.15, -0.1) is 0 Å². The van der Waals surface area contributed by atoms with Crippen molar-refractivity contribution in [1.29, 1.82) is 0 Å². The van der Waals surface area contributed by atoms with Crippen molar-refractivity contribution in [2.45, 2.75) is 32.7 Å². The predicted octanol–water partition coefficient (Wildman–Crippen LogP) is 2.94. The minimum atomic E-state index is -0.617. The van der Waals surface area contributed by atoms with Crippen molar-refractivity contribution < 1.29 is 23.7 Å². The van der Waals surface area contributed by atoms with Crippen LogP contribution >= 0.6 is 0 Å². The highest BCUT2D eigenvalue weighted by atomic mass is 16.5. The second-order valence-electron chi connectivity index (χ2n) is 6.37. The van der Waals surface area contributed by atoms with Crippen molar-refractivity contribution in [1.82, 2.24) is 14.8 Å². The number of benzene rings is 1. The molecule has 0 fully saturated rings. The number of nitrogens with zero attached hydrogens (tertiary/aromatic N) is 3. The van der Waals surface area contributed by atoms with Crippen LogP contribution in [-0.2, 0) is 9.53 Å². The van der Waals surface area contributed by atoms with E-state index in [0.717, 1.165) is 12.1 Å². The van der Waals surface area contributed by atoms with Crippen LogP contribution in [0.4, 0.5) is 5.95 Å². The number of carbonyl (C=O) groups is 1. The number of aromatic nitrogens is 3. The van der Waals surface area contributed by atoms with E-state index < -0.39 is 12.0 Å². The summed E-state index contributed by atoms with van der Waals surface area (Å²) in [6.07, 6.45) is 2.93. The van der Waals surface area contributed by atoms with Crippen molar-refractivity contribution >= 4 is 11.9 Å². The summed E-state index contributed by atoms with van der Waals surface area (Å²) in [6, 6.07) is 2.92. The van der Waals surface area contributed by atoms with Crippen LogP contribution in [0.3, 0.4) is 0 Å². The Balaban J connectivity index is 2.30. The molecular weight excluding hydrogens is 376 g/mol. The minimum absolute atomic E-state index is 0.261. The summed E-state index contributed by atoms with van der Waals surface area (Å²) in [5.41, 5.74) is 1.87. The number of carbonyl (C=O) groups excluding carboxylic acids is 1. The Kier molecular flexibility index (Phi) is 6.26. The second kappa shape index (κ2) is 8.85. The molecular formula is C20H26N4O5. The normalized spacial score (nSPS) is 15.4. The lowest BCUT2D eigenvalue weighted by Crippen LogP contribution is -2.30. The Bertz CT molecular complexity index is 922. The van der Waals surface area contributed by atoms with Crippen LogP contribution in [0.5, 0.6) is 17.2 Å². The maximum absolute atomic E-state index is 13.0. The summed E-state index contributed by atoms with van der Waals surface area (Å²) >= 11 is 0. The number of esters is 1. The SMILES string of the molecule is CCCC1=C(C(=O)OCC)[C@H](c2cc(OC)cc(OC)c2OC)n2ncnc2N1. The molecule has 1 aromatic heterocycles. The Morgan fingerprint density at radius 3 is 2.59 bits per heavy atom. The largest absolute Gasteiger partial charge is 0.497 e. The molecule has 1 N–H and O–H groups in total. The molecule has 9 heteroatoms. The van der Waals surface area contributed by atoms with Gasteiger partial charge in [0.15, 0.2) is 11.5 Å². The molecule has 1 aromatic carbocycles. The van der Waals surface area contributed by atoms with Crippen molar-refractivity contribution in [3.8, 4) is 17.2 Å². The van der Waals surface area contributed by atoms with Crippen molar-refractivity contribution in [2.75, 3.05) is 33.3 Å². The molecule has 0 saturated carbocycles. The number of allylic oxidation sites excluding steroid dienone is 1. The molecule has 0 spiro atoms. The maximum Gasteiger partial charge on any atom is 0.338 e. The Hall–Kier alpha value is -3.23. The highest BCUT2D eigenvalue weighted by Gasteiger charge is 2.38. The molecule has 3 rings (SSSR count). The quantitative estimate of drug-likeness (QED) is 0.673. The molecule has 29 heavy (non-hydrogen) atoms. The Labute approximate surface area is 169 Å². The van der Waals surface area contributed by atoms with Crippen LogP contribution in [0, 0.1) is 0 Å². The van der Waals surface area contributed by atoms with Gasteiger partial charge < -0.3 is 24.3 Å². The molecule has 0 unspecified atom stereocenters. The van der Waals surface area contributed by atoms with Crippen LogP contribution in [0.15, 0.2) is 29.7 Å². The summed E-state index contributed by atoms with van der Waals surface area (Å²) < 4.78 is 23.6. The highest BCUT2D eigenvalue weighted by Crippen LogP contribution is 2.45. The number of methoxy groups -OCH3 is 3. The van der Waals surface area contributed by atoms with Gasteiger partial charge in [-0.3, -0.25) is 0 Å². The van der Waals surface area contributed by atoms with Gasteiger partial charge in [0, 0.05) is 17.3 Å². The van der Waals surface area contributed by atoms with Crippen LogP contribution < -0.4 is 19.5 Å². The van der Waals surface area contributed by atoms with E-state index in [1.807, 2.05) is 13.0 Å². The minimum Gasteiger partial charge on any atom is -0.497 e. The molecule has 9 nitrogen and oxygen atoms in total. The summed E-state index contributed by atoms with van der Waals surface area (Å²) in [5, 5.41) is 7.58. The molecule has 2 aromatic rings. The summed E-state index contributed by atoms with van der Waals surface area (Å²) in [7, 11) is 4.67. The molecule has 1 aliphatic heterocycles. The zero-order valence-corrected chi connectivity index (χ0v) is 17.3. The smallest absolute Gasteiger partial charge is 0.338 e. The first kappa shape index (κ1) is 20.5. The van der Waals surface area contributed by atoms with E-state index in [4.69, 9.17) is 18.9 Å². The van der Waals surface area contributed by atoms with E-state index in [0.29, 0.717) is 40.8 Å². The van der Waals surface area contributed by atoms with Crippen LogP contribution in [0.1, 0.15) is 38.3 Å². The van der Waals surface area contributed by atoms with Gasteiger partial charge in [-0.2, -0.15) is 10.1 Å². The lowest BCUT2D eigenvalue weighted by Gasteiger charge is -2.30. The van der Waals surface area contributed by atoms with E-state index in [1.165, 1.54) is 6.33 Å². The van der Waals surface area contributed by atoms with Crippen LogP contribution in [0.2, 0.25) is 0 Å². The number of anilines is 1. The first-order chi connectivity index (χ1) is 14.1. The lowest BCUT2D eigenvalue weighted by molar-refractivity contribution is -0.139. The number of fused-ring (bicyclic) bond motifs is 1. The summed E-state index contributed by atoms with van der Waals surface area (Å²) in [6.45, 7) is 4.08. The third-order valence-electron chi connectivity index (χ3n) is 4.69. The van der Waals surface area contributed by atoms with Crippen LogP contribution in [-0.4, -0.2) is 48.7 Å².